The molecule has 0 saturated carbocycles. The molecular weight excluding hydrogens is 315 g/mol. The Morgan fingerprint density at radius 3 is 2.36 bits per heavy atom. The van der Waals surface area contributed by atoms with Crippen molar-refractivity contribution < 1.29 is 17.9 Å². The van der Waals surface area contributed by atoms with Crippen molar-refractivity contribution in [2.45, 2.75) is 12.6 Å². The standard InChI is InChI=1S/C16H15ClF3NO/c1-22-15-7-6-13(17)10-14(15)21-9-8-11-2-4-12(5-3-11)16(18,19)20/h2-7,10,21H,8-9H2,1H3. The van der Waals surface area contributed by atoms with Crippen LogP contribution in [0, 0.1) is 0 Å². The Morgan fingerprint density at radius 1 is 1.09 bits per heavy atom. The Morgan fingerprint density at radius 2 is 1.77 bits per heavy atom. The van der Waals surface area contributed by atoms with Crippen LogP contribution in [0.5, 0.6) is 5.75 Å². The summed E-state index contributed by atoms with van der Waals surface area (Å²) in [5, 5.41) is 3.75. The maximum atomic E-state index is 12.5. The fourth-order valence-corrected chi connectivity index (χ4v) is 2.19. The first kappa shape index (κ1) is 16.5. The van der Waals surface area contributed by atoms with E-state index in [1.54, 1.807) is 25.3 Å². The number of hydrogen-bond acceptors (Lipinski definition) is 2. The molecule has 0 bridgehead atoms. The molecule has 0 heterocycles. The number of hydrogen-bond donors (Lipinski definition) is 1. The molecule has 2 nitrogen and oxygen atoms in total. The largest absolute Gasteiger partial charge is 0.495 e. The smallest absolute Gasteiger partial charge is 0.416 e. The number of methoxy groups -OCH3 is 1. The van der Waals surface area contributed by atoms with Crippen LogP contribution in [-0.4, -0.2) is 13.7 Å². The lowest BCUT2D eigenvalue weighted by Crippen LogP contribution is -2.07. The van der Waals surface area contributed by atoms with Crippen LogP contribution in [0.2, 0.25) is 5.02 Å². The van der Waals surface area contributed by atoms with Crippen LogP contribution in [0.15, 0.2) is 42.5 Å². The molecule has 2 rings (SSSR count). The fraction of sp³-hybridized carbons (Fsp3) is 0.250. The van der Waals surface area contributed by atoms with Crippen LogP contribution < -0.4 is 10.1 Å². The van der Waals surface area contributed by atoms with Gasteiger partial charge in [0.2, 0.25) is 0 Å². The van der Waals surface area contributed by atoms with Crippen molar-refractivity contribution in [1.29, 1.82) is 0 Å². The molecule has 0 aromatic heterocycles. The summed E-state index contributed by atoms with van der Waals surface area (Å²) in [6.07, 6.45) is -3.71. The van der Waals surface area contributed by atoms with Crippen LogP contribution in [0.4, 0.5) is 18.9 Å². The van der Waals surface area contributed by atoms with E-state index in [-0.39, 0.29) is 0 Å². The monoisotopic (exact) mass is 329 g/mol. The summed E-state index contributed by atoms with van der Waals surface area (Å²) in [6, 6.07) is 10.4. The van der Waals surface area contributed by atoms with E-state index in [2.05, 4.69) is 5.32 Å². The van der Waals surface area contributed by atoms with Crippen molar-refractivity contribution in [1.82, 2.24) is 0 Å². The maximum absolute atomic E-state index is 12.5. The van der Waals surface area contributed by atoms with Crippen LogP contribution in [-0.2, 0) is 12.6 Å². The lowest BCUT2D eigenvalue weighted by Gasteiger charge is -2.12. The van der Waals surface area contributed by atoms with Gasteiger partial charge in [0.05, 0.1) is 18.4 Å². The molecule has 0 amide bonds. The highest BCUT2D eigenvalue weighted by Gasteiger charge is 2.29. The number of rotatable bonds is 5. The summed E-state index contributed by atoms with van der Waals surface area (Å²) in [5.41, 5.74) is 0.934. The Labute approximate surface area is 131 Å². The molecule has 0 saturated heterocycles. The van der Waals surface area contributed by atoms with Crippen LogP contribution in [0.25, 0.3) is 0 Å². The first-order chi connectivity index (χ1) is 10.4. The lowest BCUT2D eigenvalue weighted by molar-refractivity contribution is -0.137. The van der Waals surface area contributed by atoms with Gasteiger partial charge < -0.3 is 10.1 Å². The Kier molecular flexibility index (Phi) is 5.19. The zero-order chi connectivity index (χ0) is 16.2. The van der Waals surface area contributed by atoms with E-state index in [0.29, 0.717) is 23.7 Å². The van der Waals surface area contributed by atoms with E-state index in [1.807, 2.05) is 0 Å². The zero-order valence-corrected chi connectivity index (χ0v) is 12.6. The van der Waals surface area contributed by atoms with Crippen molar-refractivity contribution in [3.63, 3.8) is 0 Å². The third kappa shape index (κ3) is 4.31. The van der Waals surface area contributed by atoms with E-state index in [1.165, 1.54) is 12.1 Å². The molecule has 0 radical (unpaired) electrons. The van der Waals surface area contributed by atoms with Gasteiger partial charge in [0.15, 0.2) is 0 Å². The van der Waals surface area contributed by atoms with Gasteiger partial charge in [0.25, 0.3) is 0 Å². The highest BCUT2D eigenvalue weighted by molar-refractivity contribution is 6.30. The van der Waals surface area contributed by atoms with Gasteiger partial charge in [-0.25, -0.2) is 0 Å². The quantitative estimate of drug-likeness (QED) is 0.831. The first-order valence-corrected chi connectivity index (χ1v) is 7.01. The molecular formula is C16H15ClF3NO. The number of benzene rings is 2. The molecule has 2 aromatic carbocycles. The number of ether oxygens (including phenoxy) is 1. The van der Waals surface area contributed by atoms with Crippen LogP contribution in [0.1, 0.15) is 11.1 Å². The summed E-state index contributed by atoms with van der Waals surface area (Å²) >= 11 is 5.93. The van der Waals surface area contributed by atoms with Crippen molar-refractivity contribution >= 4 is 17.3 Å². The number of halogens is 4. The van der Waals surface area contributed by atoms with Gasteiger partial charge in [0.1, 0.15) is 5.75 Å². The summed E-state index contributed by atoms with van der Waals surface area (Å²) in [6.45, 7) is 0.558. The van der Waals surface area contributed by atoms with Gasteiger partial charge in [-0.15, -0.1) is 0 Å². The Balaban J connectivity index is 1.95. The van der Waals surface area contributed by atoms with E-state index >= 15 is 0 Å². The predicted molar refractivity (Wildman–Crippen MR) is 81.6 cm³/mol. The van der Waals surface area contributed by atoms with Gasteiger partial charge in [-0.05, 0) is 42.3 Å². The molecule has 1 N–H and O–H groups in total. The third-order valence-electron chi connectivity index (χ3n) is 3.17. The number of nitrogens with one attached hydrogen (secondary N) is 1. The fourth-order valence-electron chi connectivity index (χ4n) is 2.02. The van der Waals surface area contributed by atoms with Crippen molar-refractivity contribution in [3.8, 4) is 5.75 Å². The maximum Gasteiger partial charge on any atom is 0.416 e. The van der Waals surface area contributed by atoms with Crippen LogP contribution >= 0.6 is 11.6 Å². The molecule has 0 fully saturated rings. The highest BCUT2D eigenvalue weighted by Crippen LogP contribution is 2.29. The molecule has 6 heteroatoms. The van der Waals surface area contributed by atoms with Gasteiger partial charge in [-0.1, -0.05) is 23.7 Å². The topological polar surface area (TPSA) is 21.3 Å². The molecule has 0 unspecified atom stereocenters. The second-order valence-electron chi connectivity index (χ2n) is 4.72. The zero-order valence-electron chi connectivity index (χ0n) is 11.9. The van der Waals surface area contributed by atoms with Gasteiger partial charge in [0, 0.05) is 11.6 Å². The molecule has 0 aliphatic carbocycles. The second-order valence-corrected chi connectivity index (χ2v) is 5.15. The average Bonchev–Trinajstić information content (AvgIpc) is 2.47. The minimum atomic E-state index is -4.30. The van der Waals surface area contributed by atoms with Gasteiger partial charge in [-0.3, -0.25) is 0 Å². The Hall–Kier alpha value is -1.88. The van der Waals surface area contributed by atoms with Crippen molar-refractivity contribution in [3.05, 3.63) is 58.6 Å². The molecule has 0 spiro atoms. The third-order valence-corrected chi connectivity index (χ3v) is 3.41. The normalized spacial score (nSPS) is 11.3. The summed E-state index contributed by atoms with van der Waals surface area (Å²) in [4.78, 5) is 0. The van der Waals surface area contributed by atoms with E-state index in [0.717, 1.165) is 23.4 Å². The minimum Gasteiger partial charge on any atom is -0.495 e. The predicted octanol–water partition coefficient (Wildman–Crippen LogP) is 5.02. The number of alkyl halides is 3. The highest BCUT2D eigenvalue weighted by atomic mass is 35.5. The van der Waals surface area contributed by atoms with E-state index < -0.39 is 11.7 Å². The molecule has 118 valence electrons. The van der Waals surface area contributed by atoms with Crippen molar-refractivity contribution in [2.75, 3.05) is 19.0 Å². The van der Waals surface area contributed by atoms with E-state index in [4.69, 9.17) is 16.3 Å². The summed E-state index contributed by atoms with van der Waals surface area (Å²) in [7, 11) is 1.56. The van der Waals surface area contributed by atoms with Gasteiger partial charge in [-0.2, -0.15) is 13.2 Å². The first-order valence-electron chi connectivity index (χ1n) is 6.63. The molecule has 22 heavy (non-hydrogen) atoms. The van der Waals surface area contributed by atoms with Crippen molar-refractivity contribution in [2.24, 2.45) is 0 Å². The molecule has 0 aliphatic rings. The number of anilines is 1. The lowest BCUT2D eigenvalue weighted by atomic mass is 10.1. The van der Waals surface area contributed by atoms with Crippen LogP contribution in [0.3, 0.4) is 0 Å². The molecule has 0 aliphatic heterocycles. The summed E-state index contributed by atoms with van der Waals surface area (Å²) in [5.74, 6) is 0.664. The molecule has 0 atom stereocenters. The molecule has 2 aromatic rings. The SMILES string of the molecule is COc1ccc(Cl)cc1NCCc1ccc(C(F)(F)F)cc1. The minimum absolute atomic E-state index is 0.558. The second kappa shape index (κ2) is 6.92. The average molecular weight is 330 g/mol. The Bertz CT molecular complexity index is 626. The summed E-state index contributed by atoms with van der Waals surface area (Å²) < 4.78 is 42.6. The van der Waals surface area contributed by atoms with E-state index in [9.17, 15) is 13.2 Å². The van der Waals surface area contributed by atoms with Gasteiger partial charge >= 0.3 is 6.18 Å².